The van der Waals surface area contributed by atoms with E-state index < -0.39 is 25.0 Å². The standard InChI is InChI=1S/C17H16N4O7S2/c1-11-12(2)18-28-17(11)20-30(26,27)15-7-3-13(4-8-15)19-29(24,25)16-9-5-14(6-10-16)21(22)23/h3-10,19-20H,1-2H3. The zero-order valence-electron chi connectivity index (χ0n) is 15.7. The molecule has 0 aliphatic carbocycles. The summed E-state index contributed by atoms with van der Waals surface area (Å²) in [6.07, 6.45) is 0. The molecule has 0 atom stereocenters. The number of hydrogen-bond acceptors (Lipinski definition) is 8. The van der Waals surface area contributed by atoms with Crippen LogP contribution in [-0.2, 0) is 20.0 Å². The molecule has 11 nitrogen and oxygen atoms in total. The molecule has 2 aromatic carbocycles. The summed E-state index contributed by atoms with van der Waals surface area (Å²) < 4.78 is 59.3. The van der Waals surface area contributed by atoms with Crippen LogP contribution in [0.2, 0.25) is 0 Å². The predicted molar refractivity (Wildman–Crippen MR) is 107 cm³/mol. The number of aryl methyl sites for hydroxylation is 1. The fraction of sp³-hybridized carbons (Fsp3) is 0.118. The molecule has 1 aromatic heterocycles. The maximum Gasteiger partial charge on any atom is 0.269 e. The number of nitrogens with zero attached hydrogens (tertiary/aromatic N) is 2. The van der Waals surface area contributed by atoms with E-state index in [0.29, 0.717) is 11.3 Å². The fourth-order valence-corrected chi connectivity index (χ4v) is 4.46. The maximum absolute atomic E-state index is 12.5. The Balaban J connectivity index is 1.78. The Bertz CT molecular complexity index is 1300. The molecule has 3 rings (SSSR count). The van der Waals surface area contributed by atoms with Crippen molar-refractivity contribution in [2.75, 3.05) is 9.44 Å². The van der Waals surface area contributed by atoms with Crippen molar-refractivity contribution in [1.29, 1.82) is 0 Å². The van der Waals surface area contributed by atoms with Gasteiger partial charge in [-0.25, -0.2) is 21.6 Å². The van der Waals surface area contributed by atoms with Crippen molar-refractivity contribution in [1.82, 2.24) is 5.16 Å². The largest absolute Gasteiger partial charge is 0.337 e. The minimum atomic E-state index is -4.02. The van der Waals surface area contributed by atoms with Gasteiger partial charge in [0.25, 0.3) is 25.7 Å². The summed E-state index contributed by atoms with van der Waals surface area (Å²) in [5, 5.41) is 14.4. The molecule has 30 heavy (non-hydrogen) atoms. The summed E-state index contributed by atoms with van der Waals surface area (Å²) >= 11 is 0. The van der Waals surface area contributed by atoms with Crippen LogP contribution in [-0.4, -0.2) is 26.9 Å². The van der Waals surface area contributed by atoms with Crippen molar-refractivity contribution < 1.29 is 26.3 Å². The van der Waals surface area contributed by atoms with E-state index >= 15 is 0 Å². The van der Waals surface area contributed by atoms with Gasteiger partial charge in [0, 0.05) is 23.4 Å². The molecule has 0 saturated carbocycles. The van der Waals surface area contributed by atoms with Gasteiger partial charge in [-0.3, -0.25) is 14.8 Å². The normalized spacial score (nSPS) is 11.8. The number of non-ortho nitro benzene ring substituents is 1. The lowest BCUT2D eigenvalue weighted by molar-refractivity contribution is -0.384. The first-order valence-electron chi connectivity index (χ1n) is 8.32. The van der Waals surface area contributed by atoms with Gasteiger partial charge in [0.2, 0.25) is 5.88 Å². The van der Waals surface area contributed by atoms with Crippen LogP contribution in [0, 0.1) is 24.0 Å². The van der Waals surface area contributed by atoms with Crippen LogP contribution in [0.4, 0.5) is 17.3 Å². The number of nitro groups is 1. The minimum absolute atomic E-state index is 0.00421. The highest BCUT2D eigenvalue weighted by atomic mass is 32.2. The van der Waals surface area contributed by atoms with E-state index in [1.54, 1.807) is 13.8 Å². The Labute approximate surface area is 172 Å². The average Bonchev–Trinajstić information content (AvgIpc) is 3.00. The Kier molecular flexibility index (Phi) is 5.50. The third kappa shape index (κ3) is 4.41. The van der Waals surface area contributed by atoms with Crippen LogP contribution in [0.1, 0.15) is 11.3 Å². The van der Waals surface area contributed by atoms with Gasteiger partial charge in [0.05, 0.1) is 20.4 Å². The van der Waals surface area contributed by atoms with E-state index in [1.807, 2.05) is 0 Å². The molecule has 0 radical (unpaired) electrons. The van der Waals surface area contributed by atoms with Crippen LogP contribution < -0.4 is 9.44 Å². The Morgan fingerprint density at radius 2 is 1.37 bits per heavy atom. The highest BCUT2D eigenvalue weighted by Gasteiger charge is 2.20. The lowest BCUT2D eigenvalue weighted by Gasteiger charge is -2.10. The first kappa shape index (κ1) is 21.3. The third-order valence-corrected chi connectivity index (χ3v) is 6.90. The zero-order valence-corrected chi connectivity index (χ0v) is 17.3. The number of rotatable bonds is 7. The number of benzene rings is 2. The van der Waals surface area contributed by atoms with E-state index in [2.05, 4.69) is 14.6 Å². The second-order valence-corrected chi connectivity index (χ2v) is 9.57. The Hall–Kier alpha value is -3.45. The number of nitro benzene ring substituents is 1. The number of hydrogen-bond donors (Lipinski definition) is 2. The van der Waals surface area contributed by atoms with Crippen LogP contribution in [0.5, 0.6) is 0 Å². The SMILES string of the molecule is Cc1noc(NS(=O)(=O)c2ccc(NS(=O)(=O)c3ccc([N+](=O)[O-])cc3)cc2)c1C. The summed E-state index contributed by atoms with van der Waals surface area (Å²) in [5.74, 6) is -0.00421. The Morgan fingerprint density at radius 3 is 1.83 bits per heavy atom. The van der Waals surface area contributed by atoms with Crippen molar-refractivity contribution in [3.05, 3.63) is 69.9 Å². The molecular weight excluding hydrogens is 436 g/mol. The molecule has 0 unspecified atom stereocenters. The molecule has 2 N–H and O–H groups in total. The van der Waals surface area contributed by atoms with Crippen molar-refractivity contribution in [3.63, 3.8) is 0 Å². The van der Waals surface area contributed by atoms with Gasteiger partial charge in [-0.2, -0.15) is 0 Å². The molecule has 1 heterocycles. The van der Waals surface area contributed by atoms with Crippen LogP contribution >= 0.6 is 0 Å². The summed E-state index contributed by atoms with van der Waals surface area (Å²) in [6, 6.07) is 9.33. The molecule has 3 aromatic rings. The van der Waals surface area contributed by atoms with Gasteiger partial charge < -0.3 is 4.52 Å². The van der Waals surface area contributed by atoms with Crippen LogP contribution in [0.15, 0.2) is 62.8 Å². The third-order valence-electron chi connectivity index (χ3n) is 4.16. The molecule has 0 aliphatic heterocycles. The Morgan fingerprint density at radius 1 is 0.867 bits per heavy atom. The number of nitrogens with one attached hydrogen (secondary N) is 2. The first-order valence-corrected chi connectivity index (χ1v) is 11.3. The van der Waals surface area contributed by atoms with Gasteiger partial charge in [0.15, 0.2) is 0 Å². The van der Waals surface area contributed by atoms with Crippen LogP contribution in [0.3, 0.4) is 0 Å². The first-order chi connectivity index (χ1) is 14.0. The van der Waals surface area contributed by atoms with Crippen molar-refractivity contribution in [2.24, 2.45) is 0 Å². The summed E-state index contributed by atoms with van der Waals surface area (Å²) in [5.41, 5.74) is 0.960. The number of anilines is 2. The van der Waals surface area contributed by atoms with Crippen molar-refractivity contribution in [2.45, 2.75) is 23.6 Å². The molecular formula is C17H16N4O7S2. The fourth-order valence-electron chi connectivity index (χ4n) is 2.35. The summed E-state index contributed by atoms with van der Waals surface area (Å²) in [4.78, 5) is 9.74. The average molecular weight is 452 g/mol. The topological polar surface area (TPSA) is 162 Å². The van der Waals surface area contributed by atoms with E-state index in [-0.39, 0.29) is 27.0 Å². The molecule has 0 bridgehead atoms. The zero-order chi connectivity index (χ0) is 22.1. The van der Waals surface area contributed by atoms with E-state index in [4.69, 9.17) is 4.52 Å². The lowest BCUT2D eigenvalue weighted by Crippen LogP contribution is -2.14. The molecule has 0 aliphatic rings. The van der Waals surface area contributed by atoms with Gasteiger partial charge in [-0.1, -0.05) is 5.16 Å². The predicted octanol–water partition coefficient (Wildman–Crippen LogP) is 2.80. The second-order valence-electron chi connectivity index (χ2n) is 6.21. The van der Waals surface area contributed by atoms with Gasteiger partial charge in [-0.15, -0.1) is 0 Å². The van der Waals surface area contributed by atoms with Crippen molar-refractivity contribution in [3.8, 4) is 0 Å². The monoisotopic (exact) mass is 452 g/mol. The number of sulfonamides is 2. The molecule has 0 amide bonds. The van der Waals surface area contributed by atoms with Crippen LogP contribution in [0.25, 0.3) is 0 Å². The molecule has 158 valence electrons. The molecule has 0 saturated heterocycles. The maximum atomic E-state index is 12.5. The summed E-state index contributed by atoms with van der Waals surface area (Å²) in [7, 11) is -7.99. The van der Waals surface area contributed by atoms with E-state index in [0.717, 1.165) is 24.3 Å². The number of aromatic nitrogens is 1. The molecule has 13 heteroatoms. The highest BCUT2D eigenvalue weighted by Crippen LogP contribution is 2.24. The van der Waals surface area contributed by atoms with E-state index in [9.17, 15) is 26.9 Å². The van der Waals surface area contributed by atoms with Gasteiger partial charge in [0.1, 0.15) is 0 Å². The van der Waals surface area contributed by atoms with Crippen molar-refractivity contribution >= 4 is 37.3 Å². The van der Waals surface area contributed by atoms with Gasteiger partial charge in [-0.05, 0) is 50.2 Å². The highest BCUT2D eigenvalue weighted by molar-refractivity contribution is 7.93. The minimum Gasteiger partial charge on any atom is -0.337 e. The molecule has 0 fully saturated rings. The smallest absolute Gasteiger partial charge is 0.269 e. The lowest BCUT2D eigenvalue weighted by atomic mass is 10.3. The van der Waals surface area contributed by atoms with E-state index in [1.165, 1.54) is 24.3 Å². The molecule has 0 spiro atoms. The quantitative estimate of drug-likeness (QED) is 0.408. The second kappa shape index (κ2) is 7.76. The summed E-state index contributed by atoms with van der Waals surface area (Å²) in [6.45, 7) is 3.32. The van der Waals surface area contributed by atoms with Gasteiger partial charge >= 0.3 is 0 Å².